The molecule has 20 heavy (non-hydrogen) atoms. The predicted molar refractivity (Wildman–Crippen MR) is 79.2 cm³/mol. The molecular weight excluding hydrogens is 250 g/mol. The van der Waals surface area contributed by atoms with Crippen molar-refractivity contribution in [1.29, 1.82) is 0 Å². The van der Waals surface area contributed by atoms with Crippen molar-refractivity contribution in [2.45, 2.75) is 38.7 Å². The summed E-state index contributed by atoms with van der Waals surface area (Å²) in [4.78, 5) is 11.0. The van der Waals surface area contributed by atoms with Gasteiger partial charge >= 0.3 is 0 Å². The highest BCUT2D eigenvalue weighted by molar-refractivity contribution is 5.73. The van der Waals surface area contributed by atoms with E-state index in [1.54, 1.807) is 6.92 Å². The molecule has 0 saturated carbocycles. The Morgan fingerprint density at radius 1 is 1.50 bits per heavy atom. The molecule has 1 heterocycles. The second-order valence-electron chi connectivity index (χ2n) is 5.52. The van der Waals surface area contributed by atoms with Gasteiger partial charge in [0.25, 0.3) is 0 Å². The Morgan fingerprint density at radius 2 is 2.40 bits per heavy atom. The zero-order valence-electron chi connectivity index (χ0n) is 11.9. The van der Waals surface area contributed by atoms with Crippen LogP contribution >= 0.6 is 0 Å². The number of amides is 1. The Kier molecular flexibility index (Phi) is 3.88. The lowest BCUT2D eigenvalue weighted by Crippen LogP contribution is -2.25. The van der Waals surface area contributed by atoms with Crippen molar-refractivity contribution in [2.75, 3.05) is 13.2 Å². The number of ether oxygens (including phenoxy) is 1. The van der Waals surface area contributed by atoms with Crippen LogP contribution in [-0.4, -0.2) is 25.2 Å². The third-order valence-corrected chi connectivity index (χ3v) is 4.08. The van der Waals surface area contributed by atoms with Crippen molar-refractivity contribution in [3.05, 3.63) is 46.6 Å². The molecule has 3 heteroatoms. The Morgan fingerprint density at radius 3 is 3.25 bits per heavy atom. The van der Waals surface area contributed by atoms with E-state index >= 15 is 0 Å². The van der Waals surface area contributed by atoms with Crippen LogP contribution < -0.4 is 5.32 Å². The van der Waals surface area contributed by atoms with Crippen LogP contribution in [0.4, 0.5) is 0 Å². The summed E-state index contributed by atoms with van der Waals surface area (Å²) in [5.74, 6) is 0.0218. The highest BCUT2D eigenvalue weighted by Gasteiger charge is 2.28. The molecule has 0 saturated heterocycles. The number of carbonyl (C=O) groups is 1. The van der Waals surface area contributed by atoms with Crippen molar-refractivity contribution in [3.63, 3.8) is 0 Å². The minimum Gasteiger partial charge on any atom is -0.369 e. The first-order valence-corrected chi connectivity index (χ1v) is 7.43. The van der Waals surface area contributed by atoms with Crippen molar-refractivity contribution in [3.8, 4) is 0 Å². The van der Waals surface area contributed by atoms with Crippen LogP contribution in [0.5, 0.6) is 0 Å². The molecule has 106 valence electrons. The van der Waals surface area contributed by atoms with Crippen LogP contribution in [0.1, 0.15) is 32.6 Å². The molecule has 0 fully saturated rings. The maximum atomic E-state index is 11.0. The van der Waals surface area contributed by atoms with E-state index in [-0.39, 0.29) is 12.0 Å². The molecule has 0 radical (unpaired) electrons. The number of fused-ring (bicyclic) bond motifs is 2. The van der Waals surface area contributed by atoms with Gasteiger partial charge in [0.2, 0.25) is 5.91 Å². The van der Waals surface area contributed by atoms with Gasteiger partial charge < -0.3 is 10.1 Å². The number of hydrogen-bond donors (Lipinski definition) is 1. The van der Waals surface area contributed by atoms with Gasteiger partial charge in [0.1, 0.15) is 6.10 Å². The smallest absolute Gasteiger partial charge is 0.217 e. The highest BCUT2D eigenvalue weighted by atomic mass is 16.5. The van der Waals surface area contributed by atoms with E-state index in [0.717, 1.165) is 25.9 Å². The second kappa shape index (κ2) is 5.80. The Balaban J connectivity index is 1.90. The van der Waals surface area contributed by atoms with Crippen molar-refractivity contribution >= 4 is 5.91 Å². The number of hydrogen-bond acceptors (Lipinski definition) is 2. The van der Waals surface area contributed by atoms with Gasteiger partial charge in [0, 0.05) is 13.5 Å². The van der Waals surface area contributed by atoms with E-state index < -0.39 is 0 Å². The van der Waals surface area contributed by atoms with Gasteiger partial charge in [-0.3, -0.25) is 4.79 Å². The summed E-state index contributed by atoms with van der Waals surface area (Å²) in [6.07, 6.45) is 13.5. The zero-order chi connectivity index (χ0) is 13.9. The summed E-state index contributed by atoms with van der Waals surface area (Å²) in [5.41, 5.74) is 5.51. The van der Waals surface area contributed by atoms with Crippen LogP contribution in [-0.2, 0) is 9.53 Å². The molecule has 0 aromatic carbocycles. The molecule has 0 aromatic heterocycles. The number of rotatable bonds is 2. The first-order chi connectivity index (χ1) is 9.75. The topological polar surface area (TPSA) is 38.3 Å². The number of carbonyl (C=O) groups excluding carboxylic acids is 1. The molecular formula is C17H21NO2. The van der Waals surface area contributed by atoms with E-state index in [1.165, 1.54) is 28.7 Å². The summed E-state index contributed by atoms with van der Waals surface area (Å²) in [5, 5.41) is 2.85. The Labute approximate surface area is 120 Å². The molecule has 2 aliphatic carbocycles. The van der Waals surface area contributed by atoms with Crippen LogP contribution in [0.15, 0.2) is 46.6 Å². The van der Waals surface area contributed by atoms with Gasteiger partial charge in [0.05, 0.1) is 6.61 Å². The lowest BCUT2D eigenvalue weighted by atomic mass is 9.77. The normalized spacial score (nSPS) is 26.9. The van der Waals surface area contributed by atoms with Crippen LogP contribution in [0, 0.1) is 0 Å². The number of allylic oxidation sites excluding steroid dienone is 3. The molecule has 1 unspecified atom stereocenters. The standard InChI is InChI=1S/C17H21NO2/c1-12(19)18-10-9-14-5-2-4-13-7-8-16-15(17(13)14)6-3-11-20-16/h6-9,16H,2-5,10-11H2,1H3,(H,18,19)/b14-9+. The Hall–Kier alpha value is -1.61. The summed E-state index contributed by atoms with van der Waals surface area (Å²) in [7, 11) is 0. The van der Waals surface area contributed by atoms with Gasteiger partial charge in [-0.1, -0.05) is 24.3 Å². The van der Waals surface area contributed by atoms with E-state index in [0.29, 0.717) is 6.54 Å². The van der Waals surface area contributed by atoms with E-state index in [1.807, 2.05) is 0 Å². The highest BCUT2D eigenvalue weighted by Crippen LogP contribution is 2.40. The molecule has 3 nitrogen and oxygen atoms in total. The fourth-order valence-electron chi connectivity index (χ4n) is 3.21. The van der Waals surface area contributed by atoms with Crippen molar-refractivity contribution < 1.29 is 9.53 Å². The minimum atomic E-state index is 0.0218. The first-order valence-electron chi connectivity index (χ1n) is 7.43. The molecule has 0 aromatic rings. The first kappa shape index (κ1) is 13.4. The van der Waals surface area contributed by atoms with Crippen LogP contribution in [0.2, 0.25) is 0 Å². The largest absolute Gasteiger partial charge is 0.369 e. The fraction of sp³-hybridized carbons (Fsp3) is 0.471. The second-order valence-corrected chi connectivity index (χ2v) is 5.52. The predicted octanol–water partition coefficient (Wildman–Crippen LogP) is 2.81. The molecule has 3 rings (SSSR count). The maximum Gasteiger partial charge on any atom is 0.217 e. The van der Waals surface area contributed by atoms with Crippen LogP contribution in [0.3, 0.4) is 0 Å². The minimum absolute atomic E-state index is 0.0218. The average Bonchev–Trinajstić information content (AvgIpc) is 2.46. The SMILES string of the molecule is CC(=O)NC/C=C1\CCCC2=C1C1=CCCOC1C=C2. The van der Waals surface area contributed by atoms with Gasteiger partial charge in [-0.05, 0) is 48.0 Å². The van der Waals surface area contributed by atoms with E-state index in [9.17, 15) is 4.79 Å². The third-order valence-electron chi connectivity index (χ3n) is 4.08. The van der Waals surface area contributed by atoms with Crippen molar-refractivity contribution in [1.82, 2.24) is 5.32 Å². The molecule has 0 spiro atoms. The number of nitrogens with one attached hydrogen (secondary N) is 1. The average molecular weight is 271 g/mol. The van der Waals surface area contributed by atoms with Gasteiger partial charge in [-0.25, -0.2) is 0 Å². The van der Waals surface area contributed by atoms with Gasteiger partial charge in [-0.2, -0.15) is 0 Å². The molecule has 1 amide bonds. The summed E-state index contributed by atoms with van der Waals surface area (Å²) >= 11 is 0. The van der Waals surface area contributed by atoms with E-state index in [2.05, 4.69) is 29.6 Å². The third kappa shape index (κ3) is 2.63. The van der Waals surface area contributed by atoms with Crippen molar-refractivity contribution in [2.24, 2.45) is 0 Å². The fourth-order valence-corrected chi connectivity index (χ4v) is 3.21. The molecule has 1 atom stereocenters. The molecule has 1 N–H and O–H groups in total. The lowest BCUT2D eigenvalue weighted by molar-refractivity contribution is -0.118. The molecule has 0 bridgehead atoms. The van der Waals surface area contributed by atoms with Gasteiger partial charge in [0.15, 0.2) is 0 Å². The monoisotopic (exact) mass is 271 g/mol. The lowest BCUT2D eigenvalue weighted by Gasteiger charge is -2.33. The molecule has 3 aliphatic rings. The van der Waals surface area contributed by atoms with Crippen LogP contribution in [0.25, 0.3) is 0 Å². The Bertz CT molecular complexity index is 537. The van der Waals surface area contributed by atoms with E-state index in [4.69, 9.17) is 4.74 Å². The van der Waals surface area contributed by atoms with Gasteiger partial charge in [-0.15, -0.1) is 0 Å². The maximum absolute atomic E-state index is 11.0. The molecule has 1 aliphatic heterocycles. The summed E-state index contributed by atoms with van der Waals surface area (Å²) in [6.45, 7) is 2.98. The quantitative estimate of drug-likeness (QED) is 0.838. The summed E-state index contributed by atoms with van der Waals surface area (Å²) in [6, 6.07) is 0. The summed E-state index contributed by atoms with van der Waals surface area (Å²) < 4.78 is 5.84. The zero-order valence-corrected chi connectivity index (χ0v) is 11.9.